The van der Waals surface area contributed by atoms with Crippen LogP contribution in [0.1, 0.15) is 51.9 Å². The summed E-state index contributed by atoms with van der Waals surface area (Å²) in [5, 5.41) is 27.0. The Morgan fingerprint density at radius 1 is 0.857 bits per heavy atom. The Labute approximate surface area is 86.8 Å². The molecule has 0 heterocycles. The van der Waals surface area contributed by atoms with E-state index in [-0.39, 0.29) is 18.8 Å². The van der Waals surface area contributed by atoms with Gasteiger partial charge in [-0.15, -0.1) is 0 Å². The third kappa shape index (κ3) is 9.96. The Balaban J connectivity index is 3.14. The summed E-state index contributed by atoms with van der Waals surface area (Å²) in [6.45, 7) is 2.01. The Morgan fingerprint density at radius 2 is 1.36 bits per heavy atom. The summed E-state index contributed by atoms with van der Waals surface area (Å²) in [5.41, 5.74) is 0. The molecule has 0 saturated heterocycles. The van der Waals surface area contributed by atoms with Crippen LogP contribution in [0.15, 0.2) is 0 Å². The lowest BCUT2D eigenvalue weighted by Crippen LogP contribution is -2.07. The lowest BCUT2D eigenvalue weighted by Gasteiger charge is -2.10. The van der Waals surface area contributed by atoms with Crippen molar-refractivity contribution in [2.75, 3.05) is 6.61 Å². The molecule has 3 heteroatoms. The van der Waals surface area contributed by atoms with E-state index in [9.17, 15) is 5.11 Å². The zero-order chi connectivity index (χ0) is 10.8. The van der Waals surface area contributed by atoms with Gasteiger partial charge in [-0.2, -0.15) is 0 Å². The number of unbranched alkanes of at least 4 members (excludes halogenated alkanes) is 2. The molecule has 0 aromatic heterocycles. The van der Waals surface area contributed by atoms with Crippen LogP contribution in [0.4, 0.5) is 0 Å². The molecule has 86 valence electrons. The van der Waals surface area contributed by atoms with E-state index >= 15 is 0 Å². The standard InChI is InChI=1S/C11H24O3/c1-10(13)6-2-3-7-11(14)8-4-5-9-12/h10-14H,2-9H2,1H3. The molecular weight excluding hydrogens is 180 g/mol. The molecule has 2 unspecified atom stereocenters. The van der Waals surface area contributed by atoms with Crippen molar-refractivity contribution >= 4 is 0 Å². The fraction of sp³-hybridized carbons (Fsp3) is 1.00. The summed E-state index contributed by atoms with van der Waals surface area (Å²) >= 11 is 0. The first-order chi connectivity index (χ1) is 6.66. The smallest absolute Gasteiger partial charge is 0.0540 e. The summed E-state index contributed by atoms with van der Waals surface area (Å²) < 4.78 is 0. The van der Waals surface area contributed by atoms with E-state index in [1.165, 1.54) is 0 Å². The molecule has 0 aliphatic heterocycles. The van der Waals surface area contributed by atoms with E-state index < -0.39 is 0 Å². The van der Waals surface area contributed by atoms with Crippen LogP contribution in [0.25, 0.3) is 0 Å². The average molecular weight is 204 g/mol. The molecule has 0 aliphatic carbocycles. The molecule has 0 amide bonds. The molecule has 14 heavy (non-hydrogen) atoms. The molecule has 0 bridgehead atoms. The first-order valence-corrected chi connectivity index (χ1v) is 5.63. The van der Waals surface area contributed by atoms with Crippen LogP contribution in [0.2, 0.25) is 0 Å². The Hall–Kier alpha value is -0.120. The van der Waals surface area contributed by atoms with Crippen molar-refractivity contribution in [1.29, 1.82) is 0 Å². The zero-order valence-electron chi connectivity index (χ0n) is 9.15. The maximum Gasteiger partial charge on any atom is 0.0540 e. The van der Waals surface area contributed by atoms with Gasteiger partial charge >= 0.3 is 0 Å². The molecule has 0 aliphatic rings. The lowest BCUT2D eigenvalue weighted by molar-refractivity contribution is 0.138. The lowest BCUT2D eigenvalue weighted by atomic mass is 10.0. The largest absolute Gasteiger partial charge is 0.396 e. The second kappa shape index (κ2) is 9.44. The van der Waals surface area contributed by atoms with Crippen LogP contribution in [0, 0.1) is 0 Å². The van der Waals surface area contributed by atoms with Gasteiger partial charge in [0.05, 0.1) is 12.2 Å². The normalized spacial score (nSPS) is 15.4. The Morgan fingerprint density at radius 3 is 1.86 bits per heavy atom. The van der Waals surface area contributed by atoms with E-state index in [1.54, 1.807) is 6.92 Å². The van der Waals surface area contributed by atoms with E-state index in [1.807, 2.05) is 0 Å². The van der Waals surface area contributed by atoms with Crippen molar-refractivity contribution in [2.45, 2.75) is 64.1 Å². The van der Waals surface area contributed by atoms with Crippen molar-refractivity contribution in [3.05, 3.63) is 0 Å². The van der Waals surface area contributed by atoms with Crippen molar-refractivity contribution in [1.82, 2.24) is 0 Å². The molecule has 3 nitrogen and oxygen atoms in total. The molecule has 0 saturated carbocycles. The predicted octanol–water partition coefficient (Wildman–Crippen LogP) is 1.45. The summed E-state index contributed by atoms with van der Waals surface area (Å²) in [7, 11) is 0. The first-order valence-electron chi connectivity index (χ1n) is 5.63. The van der Waals surface area contributed by atoms with Crippen LogP contribution in [-0.2, 0) is 0 Å². The van der Waals surface area contributed by atoms with Gasteiger partial charge in [-0.1, -0.05) is 12.8 Å². The molecular formula is C11H24O3. The van der Waals surface area contributed by atoms with Gasteiger partial charge in [0.25, 0.3) is 0 Å². The van der Waals surface area contributed by atoms with Crippen LogP contribution in [0.3, 0.4) is 0 Å². The van der Waals surface area contributed by atoms with Gasteiger partial charge in [0.15, 0.2) is 0 Å². The molecule has 0 aromatic rings. The van der Waals surface area contributed by atoms with Crippen molar-refractivity contribution in [2.24, 2.45) is 0 Å². The SMILES string of the molecule is CC(O)CCCCC(O)CCCCO. The van der Waals surface area contributed by atoms with Gasteiger partial charge < -0.3 is 15.3 Å². The molecule has 2 atom stereocenters. The van der Waals surface area contributed by atoms with Gasteiger partial charge in [-0.25, -0.2) is 0 Å². The first kappa shape index (κ1) is 13.9. The summed E-state index contributed by atoms with van der Waals surface area (Å²) in [5.74, 6) is 0. The van der Waals surface area contributed by atoms with Crippen molar-refractivity contribution < 1.29 is 15.3 Å². The molecule has 0 aromatic carbocycles. The number of hydrogen-bond donors (Lipinski definition) is 3. The summed E-state index contributed by atoms with van der Waals surface area (Å²) in [6, 6.07) is 0. The van der Waals surface area contributed by atoms with Gasteiger partial charge in [-0.05, 0) is 39.0 Å². The third-order valence-corrected chi connectivity index (χ3v) is 2.35. The quantitative estimate of drug-likeness (QED) is 0.498. The van der Waals surface area contributed by atoms with E-state index in [4.69, 9.17) is 10.2 Å². The summed E-state index contributed by atoms with van der Waals surface area (Å²) in [6.07, 6.45) is 5.62. The minimum atomic E-state index is -0.226. The highest BCUT2D eigenvalue weighted by atomic mass is 16.3. The topological polar surface area (TPSA) is 60.7 Å². The fourth-order valence-electron chi connectivity index (χ4n) is 1.46. The van der Waals surface area contributed by atoms with Crippen LogP contribution in [0.5, 0.6) is 0 Å². The van der Waals surface area contributed by atoms with Crippen LogP contribution < -0.4 is 0 Å². The predicted molar refractivity (Wildman–Crippen MR) is 57.1 cm³/mol. The Bertz CT molecular complexity index is 115. The van der Waals surface area contributed by atoms with Crippen LogP contribution in [-0.4, -0.2) is 34.1 Å². The number of aliphatic hydroxyl groups excluding tert-OH is 3. The maximum atomic E-state index is 9.50. The molecule has 0 rings (SSSR count). The van der Waals surface area contributed by atoms with E-state index in [0.29, 0.717) is 0 Å². The molecule has 3 N–H and O–H groups in total. The highest BCUT2D eigenvalue weighted by Crippen LogP contribution is 2.10. The summed E-state index contributed by atoms with van der Waals surface area (Å²) in [4.78, 5) is 0. The monoisotopic (exact) mass is 204 g/mol. The zero-order valence-corrected chi connectivity index (χ0v) is 9.15. The van der Waals surface area contributed by atoms with E-state index in [0.717, 1.165) is 44.9 Å². The van der Waals surface area contributed by atoms with Gasteiger partial charge in [0.1, 0.15) is 0 Å². The van der Waals surface area contributed by atoms with Crippen molar-refractivity contribution in [3.63, 3.8) is 0 Å². The average Bonchev–Trinajstić information content (AvgIpc) is 2.13. The molecule has 0 fully saturated rings. The minimum absolute atomic E-state index is 0.217. The number of rotatable bonds is 9. The van der Waals surface area contributed by atoms with Gasteiger partial charge in [0, 0.05) is 6.61 Å². The number of aliphatic hydroxyl groups is 3. The fourth-order valence-corrected chi connectivity index (χ4v) is 1.46. The second-order valence-corrected chi connectivity index (χ2v) is 4.01. The van der Waals surface area contributed by atoms with Crippen molar-refractivity contribution in [3.8, 4) is 0 Å². The third-order valence-electron chi connectivity index (χ3n) is 2.35. The second-order valence-electron chi connectivity index (χ2n) is 4.01. The number of hydrogen-bond acceptors (Lipinski definition) is 3. The maximum absolute atomic E-state index is 9.50. The van der Waals surface area contributed by atoms with E-state index in [2.05, 4.69) is 0 Å². The van der Waals surface area contributed by atoms with Gasteiger partial charge in [0.2, 0.25) is 0 Å². The highest BCUT2D eigenvalue weighted by Gasteiger charge is 2.03. The Kier molecular flexibility index (Phi) is 9.35. The minimum Gasteiger partial charge on any atom is -0.396 e. The van der Waals surface area contributed by atoms with Gasteiger partial charge in [-0.3, -0.25) is 0 Å². The molecule has 0 radical (unpaired) electrons. The van der Waals surface area contributed by atoms with Crippen LogP contribution >= 0.6 is 0 Å². The molecule has 0 spiro atoms. The highest BCUT2D eigenvalue weighted by molar-refractivity contribution is 4.57.